The molecule has 132 valence electrons. The Balaban J connectivity index is 1.69. The van der Waals surface area contributed by atoms with Crippen LogP contribution in [0.4, 0.5) is 0 Å². The summed E-state index contributed by atoms with van der Waals surface area (Å²) in [6.45, 7) is 0.629. The summed E-state index contributed by atoms with van der Waals surface area (Å²) in [6.07, 6.45) is 0. The molecule has 0 N–H and O–H groups in total. The second kappa shape index (κ2) is 8.72. The highest BCUT2D eigenvalue weighted by molar-refractivity contribution is 5.93. The molecule has 3 aromatic carbocycles. The van der Waals surface area contributed by atoms with Crippen molar-refractivity contribution in [3.8, 4) is 11.5 Å². The average Bonchev–Trinajstić information content (AvgIpc) is 2.72. The topological polar surface area (TPSA) is 44.8 Å². The first-order valence-corrected chi connectivity index (χ1v) is 8.32. The molecule has 4 heteroatoms. The summed E-state index contributed by atoms with van der Waals surface area (Å²) in [6, 6.07) is 24.5. The highest BCUT2D eigenvalue weighted by atomic mass is 16.5. The van der Waals surface area contributed by atoms with Crippen LogP contribution in [0.1, 0.15) is 21.5 Å². The number of benzene rings is 3. The molecule has 0 heterocycles. The Morgan fingerprint density at radius 1 is 0.808 bits per heavy atom. The Labute approximate surface area is 153 Å². The molecule has 26 heavy (non-hydrogen) atoms. The van der Waals surface area contributed by atoms with Crippen molar-refractivity contribution in [2.24, 2.45) is 0 Å². The highest BCUT2D eigenvalue weighted by Gasteiger charge is 2.15. The van der Waals surface area contributed by atoms with Gasteiger partial charge in [0, 0.05) is 0 Å². The highest BCUT2D eigenvalue weighted by Crippen LogP contribution is 2.26. The molecule has 0 saturated carbocycles. The van der Waals surface area contributed by atoms with Crippen LogP contribution in [0.25, 0.3) is 0 Å². The molecule has 0 fully saturated rings. The first-order chi connectivity index (χ1) is 12.8. The fraction of sp³-hybridized carbons (Fsp3) is 0.136. The maximum absolute atomic E-state index is 12.5. The van der Waals surface area contributed by atoms with Crippen LogP contribution in [0.15, 0.2) is 78.9 Å². The average molecular weight is 348 g/mol. The van der Waals surface area contributed by atoms with Crippen molar-refractivity contribution in [1.29, 1.82) is 0 Å². The van der Waals surface area contributed by atoms with E-state index in [9.17, 15) is 4.79 Å². The molecule has 0 amide bonds. The summed E-state index contributed by atoms with van der Waals surface area (Å²) in [7, 11) is 1.52. The number of carbonyl (C=O) groups excluding carboxylic acids is 1. The number of hydrogen-bond acceptors (Lipinski definition) is 4. The molecule has 4 nitrogen and oxygen atoms in total. The number of ether oxygens (including phenoxy) is 3. The third-order valence-electron chi connectivity index (χ3n) is 3.85. The normalized spacial score (nSPS) is 10.2. The van der Waals surface area contributed by atoms with Gasteiger partial charge in [-0.15, -0.1) is 0 Å². The van der Waals surface area contributed by atoms with Gasteiger partial charge in [-0.1, -0.05) is 60.7 Å². The van der Waals surface area contributed by atoms with Crippen LogP contribution in [-0.4, -0.2) is 13.1 Å². The van der Waals surface area contributed by atoms with Gasteiger partial charge in [-0.25, -0.2) is 4.79 Å². The zero-order valence-corrected chi connectivity index (χ0v) is 14.6. The van der Waals surface area contributed by atoms with Crippen molar-refractivity contribution >= 4 is 5.97 Å². The lowest BCUT2D eigenvalue weighted by atomic mass is 10.2. The fourth-order valence-corrected chi connectivity index (χ4v) is 2.48. The Morgan fingerprint density at radius 3 is 2.04 bits per heavy atom. The van der Waals surface area contributed by atoms with E-state index in [1.807, 2.05) is 60.7 Å². The van der Waals surface area contributed by atoms with E-state index in [1.54, 1.807) is 18.2 Å². The molecule has 0 bridgehead atoms. The van der Waals surface area contributed by atoms with Crippen LogP contribution >= 0.6 is 0 Å². The van der Waals surface area contributed by atoms with Crippen LogP contribution in [0.3, 0.4) is 0 Å². The third-order valence-corrected chi connectivity index (χ3v) is 3.85. The lowest BCUT2D eigenvalue weighted by Gasteiger charge is -2.12. The first-order valence-electron chi connectivity index (χ1n) is 8.32. The molecule has 0 aliphatic heterocycles. The Morgan fingerprint density at radius 2 is 1.42 bits per heavy atom. The summed E-state index contributed by atoms with van der Waals surface area (Å²) in [4.78, 5) is 12.5. The monoisotopic (exact) mass is 348 g/mol. The van der Waals surface area contributed by atoms with Crippen LogP contribution in [0.2, 0.25) is 0 Å². The van der Waals surface area contributed by atoms with Gasteiger partial charge in [0.05, 0.1) is 7.11 Å². The quantitative estimate of drug-likeness (QED) is 0.584. The Kier molecular flexibility index (Phi) is 5.88. The lowest BCUT2D eigenvalue weighted by Crippen LogP contribution is -2.08. The van der Waals surface area contributed by atoms with Crippen LogP contribution in [-0.2, 0) is 18.0 Å². The van der Waals surface area contributed by atoms with Crippen molar-refractivity contribution in [1.82, 2.24) is 0 Å². The standard InChI is InChI=1S/C22H20O4/c1-24-21-13-12-19(25-15-17-8-4-2-5-9-17)14-20(21)22(23)26-16-18-10-6-3-7-11-18/h2-14H,15-16H2,1H3. The fourth-order valence-electron chi connectivity index (χ4n) is 2.48. The third kappa shape index (κ3) is 4.63. The molecule has 0 atom stereocenters. The smallest absolute Gasteiger partial charge is 0.342 e. The summed E-state index contributed by atoms with van der Waals surface area (Å²) in [5.41, 5.74) is 2.32. The van der Waals surface area contributed by atoms with Crippen molar-refractivity contribution in [3.05, 3.63) is 95.6 Å². The second-order valence-electron chi connectivity index (χ2n) is 5.70. The van der Waals surface area contributed by atoms with Gasteiger partial charge in [0.15, 0.2) is 0 Å². The van der Waals surface area contributed by atoms with Gasteiger partial charge in [0.25, 0.3) is 0 Å². The molecule has 0 radical (unpaired) electrons. The SMILES string of the molecule is COc1ccc(OCc2ccccc2)cc1C(=O)OCc1ccccc1. The zero-order valence-electron chi connectivity index (χ0n) is 14.6. The minimum absolute atomic E-state index is 0.206. The molecule has 0 aliphatic rings. The van der Waals surface area contributed by atoms with Gasteiger partial charge < -0.3 is 14.2 Å². The zero-order chi connectivity index (χ0) is 18.2. The van der Waals surface area contributed by atoms with E-state index in [0.717, 1.165) is 11.1 Å². The van der Waals surface area contributed by atoms with Crippen molar-refractivity contribution in [2.45, 2.75) is 13.2 Å². The maximum atomic E-state index is 12.5. The number of rotatable bonds is 7. The molecule has 0 spiro atoms. The number of carbonyl (C=O) groups is 1. The van der Waals surface area contributed by atoms with E-state index in [1.165, 1.54) is 7.11 Å². The van der Waals surface area contributed by atoms with Crippen molar-refractivity contribution < 1.29 is 19.0 Å². The molecule has 0 aromatic heterocycles. The molecule has 3 rings (SSSR count). The van der Waals surface area contributed by atoms with E-state index in [-0.39, 0.29) is 6.61 Å². The molecule has 0 saturated heterocycles. The summed E-state index contributed by atoms with van der Waals surface area (Å²) in [5.74, 6) is 0.590. The van der Waals surface area contributed by atoms with Gasteiger partial charge in [0.1, 0.15) is 30.3 Å². The largest absolute Gasteiger partial charge is 0.496 e. The van der Waals surface area contributed by atoms with Gasteiger partial charge in [-0.2, -0.15) is 0 Å². The number of esters is 1. The van der Waals surface area contributed by atoms with Crippen LogP contribution in [0, 0.1) is 0 Å². The van der Waals surface area contributed by atoms with Crippen molar-refractivity contribution in [2.75, 3.05) is 7.11 Å². The van der Waals surface area contributed by atoms with Gasteiger partial charge >= 0.3 is 5.97 Å². The maximum Gasteiger partial charge on any atom is 0.342 e. The number of methoxy groups -OCH3 is 1. The summed E-state index contributed by atoms with van der Waals surface area (Å²) in [5, 5.41) is 0. The van der Waals surface area contributed by atoms with Crippen LogP contribution in [0.5, 0.6) is 11.5 Å². The molecule has 0 aliphatic carbocycles. The lowest BCUT2D eigenvalue weighted by molar-refractivity contribution is 0.0468. The van der Waals surface area contributed by atoms with Crippen molar-refractivity contribution in [3.63, 3.8) is 0 Å². The summed E-state index contributed by atoms with van der Waals surface area (Å²) >= 11 is 0. The minimum atomic E-state index is -0.448. The van der Waals surface area contributed by atoms with E-state index in [4.69, 9.17) is 14.2 Å². The molecule has 3 aromatic rings. The van der Waals surface area contributed by atoms with Crippen LogP contribution < -0.4 is 9.47 Å². The predicted molar refractivity (Wildman–Crippen MR) is 99.3 cm³/mol. The molecular weight excluding hydrogens is 328 g/mol. The molecular formula is C22H20O4. The van der Waals surface area contributed by atoms with E-state index in [0.29, 0.717) is 23.7 Å². The van der Waals surface area contributed by atoms with E-state index < -0.39 is 5.97 Å². The Bertz CT molecular complexity index is 845. The van der Waals surface area contributed by atoms with Gasteiger partial charge in [0.2, 0.25) is 0 Å². The van der Waals surface area contributed by atoms with E-state index >= 15 is 0 Å². The van der Waals surface area contributed by atoms with Gasteiger partial charge in [-0.05, 0) is 29.3 Å². The number of hydrogen-bond donors (Lipinski definition) is 0. The second-order valence-corrected chi connectivity index (χ2v) is 5.70. The Hall–Kier alpha value is -3.27. The van der Waals surface area contributed by atoms with E-state index in [2.05, 4.69) is 0 Å². The first kappa shape index (κ1) is 17.5. The summed E-state index contributed by atoms with van der Waals surface area (Å²) < 4.78 is 16.5. The minimum Gasteiger partial charge on any atom is -0.496 e. The molecule has 0 unspecified atom stereocenters. The predicted octanol–water partition coefficient (Wildman–Crippen LogP) is 4.63. The van der Waals surface area contributed by atoms with Gasteiger partial charge in [-0.3, -0.25) is 0 Å².